The molecule has 0 aromatic heterocycles. The van der Waals surface area contributed by atoms with Gasteiger partial charge in [-0.05, 0) is 18.9 Å². The van der Waals surface area contributed by atoms with Crippen molar-refractivity contribution in [3.63, 3.8) is 0 Å². The van der Waals surface area contributed by atoms with Gasteiger partial charge in [0.25, 0.3) is 5.91 Å². The number of hydrogen-bond acceptors (Lipinski definition) is 2. The van der Waals surface area contributed by atoms with Gasteiger partial charge in [0.1, 0.15) is 0 Å². The molecule has 0 aliphatic heterocycles. The Bertz CT molecular complexity index is 388. The van der Waals surface area contributed by atoms with Crippen molar-refractivity contribution in [1.29, 1.82) is 0 Å². The molecule has 1 aromatic carbocycles. The summed E-state index contributed by atoms with van der Waals surface area (Å²) in [6.07, 6.45) is 1.61. The number of nitrogens with zero attached hydrogens (tertiary/aromatic N) is 1. The van der Waals surface area contributed by atoms with Crippen LogP contribution in [-0.2, 0) is 0 Å². The first kappa shape index (κ1) is 10.2. The first-order chi connectivity index (χ1) is 6.74. The van der Waals surface area contributed by atoms with Crippen LogP contribution < -0.4 is 5.32 Å². The average Bonchev–Trinajstić information content (AvgIpc) is 2.26. The van der Waals surface area contributed by atoms with Crippen molar-refractivity contribution in [2.24, 2.45) is 4.99 Å². The largest absolute Gasteiger partial charge is 0.355 e. The fourth-order valence-electron chi connectivity index (χ4n) is 1.24. The van der Waals surface area contributed by atoms with Crippen LogP contribution in [0.2, 0.25) is 0 Å². The van der Waals surface area contributed by atoms with Crippen LogP contribution in [0.15, 0.2) is 29.8 Å². The van der Waals surface area contributed by atoms with Crippen LogP contribution in [-0.4, -0.2) is 19.7 Å². The Balaban J connectivity index is 0.00000196. The molecule has 0 aliphatic carbocycles. The maximum atomic E-state index is 11.4. The number of rotatable bonds is 3. The predicted octanol–water partition coefficient (Wildman–Crippen LogP) is 2.27. The molecule has 74 valence electrons. The Morgan fingerprint density at radius 3 is 2.86 bits per heavy atom. The van der Waals surface area contributed by atoms with Crippen LogP contribution >= 0.6 is 0 Å². The van der Waals surface area contributed by atoms with Crippen molar-refractivity contribution in [2.45, 2.75) is 0 Å². The molecule has 0 radical (unpaired) electrons. The molecule has 3 heteroatoms. The number of hydrogen-bond donors (Lipinski definition) is 1. The number of carbonyl (C=O) groups is 1. The summed E-state index contributed by atoms with van der Waals surface area (Å²) < 4.78 is 0. The van der Waals surface area contributed by atoms with Gasteiger partial charge in [0.05, 0.1) is 5.69 Å². The van der Waals surface area contributed by atoms with Gasteiger partial charge in [-0.3, -0.25) is 9.79 Å². The summed E-state index contributed by atoms with van der Waals surface area (Å²) >= 11 is 0. The Hall–Kier alpha value is -1.90. The summed E-state index contributed by atoms with van der Waals surface area (Å²) in [5, 5.41) is 2.56. The standard InChI is InChI=1S/C11H12N2O.H2/c1-4-8-9(11(14)13-3)6-5-7-10(8)12-2;/h4-7H,1-2H2,3H3,(H,13,14);1H. The maximum absolute atomic E-state index is 11.4. The summed E-state index contributed by atoms with van der Waals surface area (Å²) in [6.45, 7) is 7.09. The molecule has 3 nitrogen and oxygen atoms in total. The molecular formula is C11H14N2O. The molecule has 1 aromatic rings. The summed E-state index contributed by atoms with van der Waals surface area (Å²) in [7, 11) is 1.59. The van der Waals surface area contributed by atoms with E-state index in [0.29, 0.717) is 16.8 Å². The third-order valence-electron chi connectivity index (χ3n) is 1.93. The zero-order valence-corrected chi connectivity index (χ0v) is 8.08. The number of carbonyl (C=O) groups excluding carboxylic acids is 1. The molecule has 0 saturated heterocycles. The van der Waals surface area contributed by atoms with E-state index in [0.717, 1.165) is 0 Å². The van der Waals surface area contributed by atoms with Crippen molar-refractivity contribution >= 4 is 24.4 Å². The molecule has 0 fully saturated rings. The summed E-state index contributed by atoms with van der Waals surface area (Å²) in [5.74, 6) is -0.148. The summed E-state index contributed by atoms with van der Waals surface area (Å²) in [6, 6.07) is 5.28. The minimum atomic E-state index is -0.148. The highest BCUT2D eigenvalue weighted by Gasteiger charge is 2.09. The van der Waals surface area contributed by atoms with E-state index < -0.39 is 0 Å². The fourth-order valence-corrected chi connectivity index (χ4v) is 1.24. The molecule has 0 unspecified atom stereocenters. The minimum Gasteiger partial charge on any atom is -0.355 e. The molecule has 0 heterocycles. The van der Waals surface area contributed by atoms with Gasteiger partial charge in [0.2, 0.25) is 0 Å². The van der Waals surface area contributed by atoms with Gasteiger partial charge in [-0.1, -0.05) is 18.7 Å². The Kier molecular flexibility index (Phi) is 3.18. The van der Waals surface area contributed by atoms with Crippen LogP contribution in [0.1, 0.15) is 17.3 Å². The monoisotopic (exact) mass is 190 g/mol. The third-order valence-corrected chi connectivity index (χ3v) is 1.93. The molecular weight excluding hydrogens is 176 g/mol. The SMILES string of the molecule is C=Cc1c(N=C)cccc1C(=O)NC.[HH]. The van der Waals surface area contributed by atoms with E-state index in [1.54, 1.807) is 31.3 Å². The highest BCUT2D eigenvalue weighted by Crippen LogP contribution is 2.23. The molecule has 0 atom stereocenters. The van der Waals surface area contributed by atoms with E-state index in [1.165, 1.54) is 0 Å². The van der Waals surface area contributed by atoms with E-state index in [-0.39, 0.29) is 7.33 Å². The molecule has 1 amide bonds. The predicted molar refractivity (Wildman–Crippen MR) is 61.2 cm³/mol. The molecule has 1 rings (SSSR count). The second kappa shape index (κ2) is 4.37. The van der Waals surface area contributed by atoms with E-state index in [4.69, 9.17) is 0 Å². The average molecular weight is 190 g/mol. The lowest BCUT2D eigenvalue weighted by Gasteiger charge is -2.06. The zero-order chi connectivity index (χ0) is 10.6. The van der Waals surface area contributed by atoms with Crippen molar-refractivity contribution < 1.29 is 6.22 Å². The Morgan fingerprint density at radius 2 is 2.36 bits per heavy atom. The lowest BCUT2D eigenvalue weighted by atomic mass is 10.0. The van der Waals surface area contributed by atoms with Crippen LogP contribution in [0.3, 0.4) is 0 Å². The fraction of sp³-hybridized carbons (Fsp3) is 0.0909. The van der Waals surface area contributed by atoms with Crippen molar-refractivity contribution in [3.8, 4) is 0 Å². The third kappa shape index (κ3) is 1.71. The number of amides is 1. The first-order valence-electron chi connectivity index (χ1n) is 4.18. The van der Waals surface area contributed by atoms with Crippen molar-refractivity contribution in [3.05, 3.63) is 35.9 Å². The number of nitrogens with one attached hydrogen (secondary N) is 1. The van der Waals surface area contributed by atoms with E-state index in [2.05, 4.69) is 23.6 Å². The van der Waals surface area contributed by atoms with E-state index in [1.807, 2.05) is 0 Å². The topological polar surface area (TPSA) is 41.5 Å². The van der Waals surface area contributed by atoms with Gasteiger partial charge in [-0.2, -0.15) is 0 Å². The van der Waals surface area contributed by atoms with E-state index >= 15 is 0 Å². The molecule has 0 aliphatic rings. The van der Waals surface area contributed by atoms with E-state index in [9.17, 15) is 4.79 Å². The molecule has 1 N–H and O–H groups in total. The molecule has 0 bridgehead atoms. The first-order valence-corrected chi connectivity index (χ1v) is 4.18. The smallest absolute Gasteiger partial charge is 0.251 e. The maximum Gasteiger partial charge on any atom is 0.251 e. The Morgan fingerprint density at radius 1 is 1.64 bits per heavy atom. The van der Waals surface area contributed by atoms with Gasteiger partial charge < -0.3 is 5.32 Å². The highest BCUT2D eigenvalue weighted by atomic mass is 16.1. The highest BCUT2D eigenvalue weighted by molar-refractivity contribution is 5.99. The van der Waals surface area contributed by atoms with Gasteiger partial charge >= 0.3 is 0 Å². The molecule has 14 heavy (non-hydrogen) atoms. The normalized spacial score (nSPS) is 9.21. The van der Waals surface area contributed by atoms with Crippen LogP contribution in [0.5, 0.6) is 0 Å². The number of aliphatic imine (C=N–C) groups is 1. The lowest BCUT2D eigenvalue weighted by molar-refractivity contribution is 0.0963. The van der Waals surface area contributed by atoms with Gasteiger partial charge in [0, 0.05) is 19.6 Å². The second-order valence-electron chi connectivity index (χ2n) is 2.68. The van der Waals surface area contributed by atoms with Crippen LogP contribution in [0.4, 0.5) is 5.69 Å². The quantitative estimate of drug-likeness (QED) is 0.730. The zero-order valence-electron chi connectivity index (χ0n) is 8.08. The van der Waals surface area contributed by atoms with Crippen molar-refractivity contribution in [1.82, 2.24) is 5.32 Å². The molecule has 0 spiro atoms. The Labute approximate surface area is 84.7 Å². The molecule has 0 saturated carbocycles. The van der Waals surface area contributed by atoms with Gasteiger partial charge in [-0.25, -0.2) is 0 Å². The van der Waals surface area contributed by atoms with Crippen LogP contribution in [0.25, 0.3) is 6.08 Å². The van der Waals surface area contributed by atoms with Crippen LogP contribution in [0, 0.1) is 0 Å². The summed E-state index contributed by atoms with van der Waals surface area (Å²) in [4.78, 5) is 15.3. The van der Waals surface area contributed by atoms with Gasteiger partial charge in [-0.15, -0.1) is 0 Å². The number of benzene rings is 1. The van der Waals surface area contributed by atoms with Gasteiger partial charge in [0.15, 0.2) is 0 Å². The summed E-state index contributed by atoms with van der Waals surface area (Å²) in [5.41, 5.74) is 1.94. The lowest BCUT2D eigenvalue weighted by Crippen LogP contribution is -2.18. The minimum absolute atomic E-state index is 0. The van der Waals surface area contributed by atoms with Crippen molar-refractivity contribution in [2.75, 3.05) is 7.05 Å². The second-order valence-corrected chi connectivity index (χ2v) is 2.68.